The Labute approximate surface area is 124 Å². The van der Waals surface area contributed by atoms with Crippen LogP contribution < -0.4 is 5.32 Å². The van der Waals surface area contributed by atoms with Gasteiger partial charge in [-0.2, -0.15) is 5.26 Å². The summed E-state index contributed by atoms with van der Waals surface area (Å²) < 4.78 is 0. The second-order valence-corrected chi connectivity index (χ2v) is 5.72. The van der Waals surface area contributed by atoms with Crippen molar-refractivity contribution < 1.29 is 14.7 Å². The first kappa shape index (κ1) is 16.5. The average molecular weight is 289 g/mol. The molecule has 6 nitrogen and oxygen atoms in total. The maximum atomic E-state index is 12.3. The van der Waals surface area contributed by atoms with Gasteiger partial charge in [0.15, 0.2) is 0 Å². The van der Waals surface area contributed by atoms with Crippen LogP contribution >= 0.6 is 0 Å². The standard InChI is InChI=1S/C15H19N3O3/c1-10-5-6-11(8-16)7-12(10)17-14(21)18(9-13(19)20)15(2,3)4/h5-7H,9H2,1-4H3,(H,17,21)(H,19,20). The number of hydrogen-bond donors (Lipinski definition) is 2. The number of anilines is 1. The highest BCUT2D eigenvalue weighted by Gasteiger charge is 2.28. The number of hydrogen-bond acceptors (Lipinski definition) is 3. The van der Waals surface area contributed by atoms with Crippen molar-refractivity contribution in [3.8, 4) is 6.07 Å². The Morgan fingerprint density at radius 2 is 2.00 bits per heavy atom. The van der Waals surface area contributed by atoms with Gasteiger partial charge in [-0.1, -0.05) is 6.07 Å². The largest absolute Gasteiger partial charge is 0.480 e. The molecule has 6 heteroatoms. The lowest BCUT2D eigenvalue weighted by Gasteiger charge is -2.34. The normalized spacial score (nSPS) is 10.6. The zero-order valence-corrected chi connectivity index (χ0v) is 12.6. The molecule has 0 atom stereocenters. The van der Waals surface area contributed by atoms with Gasteiger partial charge in [-0.05, 0) is 45.4 Å². The predicted octanol–water partition coefficient (Wildman–Crippen LogP) is 2.58. The zero-order valence-electron chi connectivity index (χ0n) is 12.6. The smallest absolute Gasteiger partial charge is 0.323 e. The number of nitrogens with zero attached hydrogens (tertiary/aromatic N) is 2. The van der Waals surface area contributed by atoms with E-state index in [9.17, 15) is 9.59 Å². The Balaban J connectivity index is 3.02. The molecule has 0 spiro atoms. The molecule has 0 radical (unpaired) electrons. The highest BCUT2D eigenvalue weighted by molar-refractivity contribution is 5.92. The number of amides is 2. The Kier molecular flexibility index (Phi) is 4.93. The summed E-state index contributed by atoms with van der Waals surface area (Å²) in [6.45, 7) is 6.68. The fourth-order valence-electron chi connectivity index (χ4n) is 1.76. The molecule has 1 aromatic carbocycles. The Morgan fingerprint density at radius 3 is 2.48 bits per heavy atom. The molecule has 0 heterocycles. The lowest BCUT2D eigenvalue weighted by molar-refractivity contribution is -0.138. The molecule has 0 saturated carbocycles. The summed E-state index contributed by atoms with van der Waals surface area (Å²) in [6, 6.07) is 6.44. The average Bonchev–Trinajstić information content (AvgIpc) is 2.37. The zero-order chi connectivity index (χ0) is 16.2. The number of carbonyl (C=O) groups is 2. The third-order valence-corrected chi connectivity index (χ3v) is 2.96. The van der Waals surface area contributed by atoms with Crippen LogP contribution in [0.3, 0.4) is 0 Å². The molecule has 1 aromatic rings. The van der Waals surface area contributed by atoms with Crippen LogP contribution in [0.2, 0.25) is 0 Å². The number of nitrogens with one attached hydrogen (secondary N) is 1. The second kappa shape index (κ2) is 6.27. The van der Waals surface area contributed by atoms with E-state index >= 15 is 0 Å². The van der Waals surface area contributed by atoms with Gasteiger partial charge in [0.1, 0.15) is 6.54 Å². The van der Waals surface area contributed by atoms with E-state index in [1.54, 1.807) is 45.9 Å². The van der Waals surface area contributed by atoms with Gasteiger partial charge in [0.05, 0.1) is 11.6 Å². The van der Waals surface area contributed by atoms with E-state index in [0.29, 0.717) is 11.3 Å². The summed E-state index contributed by atoms with van der Waals surface area (Å²) >= 11 is 0. The van der Waals surface area contributed by atoms with Gasteiger partial charge >= 0.3 is 12.0 Å². The molecule has 0 saturated heterocycles. The number of urea groups is 1. The van der Waals surface area contributed by atoms with Crippen molar-refractivity contribution in [2.24, 2.45) is 0 Å². The van der Waals surface area contributed by atoms with Crippen LogP contribution in [0.5, 0.6) is 0 Å². The molecule has 0 fully saturated rings. The van der Waals surface area contributed by atoms with Gasteiger partial charge in [0.2, 0.25) is 0 Å². The van der Waals surface area contributed by atoms with E-state index in [1.165, 1.54) is 4.90 Å². The first-order valence-electron chi connectivity index (χ1n) is 6.46. The molecular weight excluding hydrogens is 270 g/mol. The van der Waals surface area contributed by atoms with Crippen LogP contribution in [0.15, 0.2) is 18.2 Å². The minimum Gasteiger partial charge on any atom is -0.480 e. The molecule has 0 unspecified atom stereocenters. The summed E-state index contributed by atoms with van der Waals surface area (Å²) in [5.41, 5.74) is 1.09. The second-order valence-electron chi connectivity index (χ2n) is 5.72. The summed E-state index contributed by atoms with van der Waals surface area (Å²) in [4.78, 5) is 24.5. The fraction of sp³-hybridized carbons (Fsp3) is 0.400. The summed E-state index contributed by atoms with van der Waals surface area (Å²) in [5, 5.41) is 20.5. The van der Waals surface area contributed by atoms with E-state index in [2.05, 4.69) is 5.32 Å². The van der Waals surface area contributed by atoms with Crippen molar-refractivity contribution >= 4 is 17.7 Å². The maximum absolute atomic E-state index is 12.3. The molecule has 21 heavy (non-hydrogen) atoms. The number of carbonyl (C=O) groups excluding carboxylic acids is 1. The lowest BCUT2D eigenvalue weighted by Crippen LogP contribution is -2.50. The predicted molar refractivity (Wildman–Crippen MR) is 79.0 cm³/mol. The van der Waals surface area contributed by atoms with Gasteiger partial charge in [-0.25, -0.2) is 4.79 Å². The molecule has 0 aliphatic heterocycles. The first-order valence-corrected chi connectivity index (χ1v) is 6.46. The van der Waals surface area contributed by atoms with Gasteiger partial charge in [-0.15, -0.1) is 0 Å². The Morgan fingerprint density at radius 1 is 1.38 bits per heavy atom. The van der Waals surface area contributed by atoms with E-state index in [4.69, 9.17) is 10.4 Å². The van der Waals surface area contributed by atoms with Gasteiger partial charge < -0.3 is 15.3 Å². The number of carboxylic acids is 1. The van der Waals surface area contributed by atoms with Crippen LogP contribution in [0.25, 0.3) is 0 Å². The van der Waals surface area contributed by atoms with Crippen LogP contribution in [0.1, 0.15) is 31.9 Å². The maximum Gasteiger partial charge on any atom is 0.323 e. The van der Waals surface area contributed by atoms with E-state index in [1.807, 2.05) is 6.07 Å². The minimum atomic E-state index is -1.08. The number of nitriles is 1. The number of aryl methyl sites for hydroxylation is 1. The van der Waals surface area contributed by atoms with E-state index in [0.717, 1.165) is 5.56 Å². The topological polar surface area (TPSA) is 93.4 Å². The van der Waals surface area contributed by atoms with Crippen LogP contribution in [-0.2, 0) is 4.79 Å². The minimum absolute atomic E-state index is 0.397. The summed E-state index contributed by atoms with van der Waals surface area (Å²) in [7, 11) is 0. The summed E-state index contributed by atoms with van der Waals surface area (Å²) in [6.07, 6.45) is 0. The van der Waals surface area contributed by atoms with Crippen molar-refractivity contribution in [2.75, 3.05) is 11.9 Å². The Bertz CT molecular complexity index is 597. The molecule has 2 N–H and O–H groups in total. The van der Waals surface area contributed by atoms with Gasteiger partial charge in [-0.3, -0.25) is 4.79 Å². The fourth-order valence-corrected chi connectivity index (χ4v) is 1.76. The lowest BCUT2D eigenvalue weighted by atomic mass is 10.1. The molecule has 0 aliphatic rings. The van der Waals surface area contributed by atoms with Crippen molar-refractivity contribution in [2.45, 2.75) is 33.2 Å². The van der Waals surface area contributed by atoms with Crippen LogP contribution in [0.4, 0.5) is 10.5 Å². The number of aliphatic carboxylic acids is 1. The van der Waals surface area contributed by atoms with Crippen LogP contribution in [-0.4, -0.2) is 34.1 Å². The molecule has 1 rings (SSSR count). The number of rotatable bonds is 3. The molecule has 0 bridgehead atoms. The molecule has 2 amide bonds. The third kappa shape index (κ3) is 4.49. The SMILES string of the molecule is Cc1ccc(C#N)cc1NC(=O)N(CC(=O)O)C(C)(C)C. The molecule has 0 aromatic heterocycles. The summed E-state index contributed by atoms with van der Waals surface area (Å²) in [5.74, 6) is -1.08. The van der Waals surface area contributed by atoms with E-state index < -0.39 is 24.1 Å². The van der Waals surface area contributed by atoms with Gasteiger partial charge in [0, 0.05) is 11.2 Å². The number of benzene rings is 1. The molecule has 112 valence electrons. The molecule has 0 aliphatic carbocycles. The third-order valence-electron chi connectivity index (χ3n) is 2.96. The van der Waals surface area contributed by atoms with E-state index in [-0.39, 0.29) is 0 Å². The van der Waals surface area contributed by atoms with Crippen molar-refractivity contribution in [3.63, 3.8) is 0 Å². The monoisotopic (exact) mass is 289 g/mol. The van der Waals surface area contributed by atoms with Crippen LogP contribution in [0, 0.1) is 18.3 Å². The van der Waals surface area contributed by atoms with Crippen molar-refractivity contribution in [3.05, 3.63) is 29.3 Å². The quantitative estimate of drug-likeness (QED) is 0.894. The Hall–Kier alpha value is -2.55. The van der Waals surface area contributed by atoms with Crippen molar-refractivity contribution in [1.29, 1.82) is 5.26 Å². The van der Waals surface area contributed by atoms with Gasteiger partial charge in [0.25, 0.3) is 0 Å². The van der Waals surface area contributed by atoms with Crippen molar-refractivity contribution in [1.82, 2.24) is 4.90 Å². The first-order chi connectivity index (χ1) is 9.65. The highest BCUT2D eigenvalue weighted by atomic mass is 16.4. The molecular formula is C15H19N3O3. The highest BCUT2D eigenvalue weighted by Crippen LogP contribution is 2.19. The number of carboxylic acid groups (broad SMARTS) is 1.